The zero-order valence-electron chi connectivity index (χ0n) is 11.4. The Morgan fingerprint density at radius 3 is 2.89 bits per heavy atom. The van der Waals surface area contributed by atoms with Crippen LogP contribution in [-0.2, 0) is 19.3 Å². The molecule has 3 rings (SSSR count). The van der Waals surface area contributed by atoms with Crippen molar-refractivity contribution >= 4 is 11.3 Å². The van der Waals surface area contributed by atoms with Gasteiger partial charge in [0.2, 0.25) is 0 Å². The summed E-state index contributed by atoms with van der Waals surface area (Å²) in [5, 5.41) is 3.63. The third-order valence-corrected chi connectivity index (χ3v) is 5.10. The van der Waals surface area contributed by atoms with Gasteiger partial charge in [-0.3, -0.25) is 4.98 Å². The van der Waals surface area contributed by atoms with E-state index in [1.165, 1.54) is 29.7 Å². The molecule has 0 aliphatic heterocycles. The lowest BCUT2D eigenvalue weighted by molar-refractivity contribution is 0.557. The van der Waals surface area contributed by atoms with Crippen molar-refractivity contribution in [3.8, 4) is 0 Å². The standard InChI is InChI=1S/C16H20N2S/c1-2-18-14(10-12-6-8-17-9-7-12)16-11-13-4-3-5-15(13)19-16/h6-9,11,14,18H,2-5,10H2,1H3. The molecule has 3 heteroatoms. The molecular formula is C16H20N2S. The molecule has 1 N–H and O–H groups in total. The van der Waals surface area contributed by atoms with Gasteiger partial charge in [-0.15, -0.1) is 11.3 Å². The molecule has 0 saturated heterocycles. The van der Waals surface area contributed by atoms with Crippen molar-refractivity contribution in [3.05, 3.63) is 51.5 Å². The zero-order chi connectivity index (χ0) is 13.1. The Labute approximate surface area is 118 Å². The Kier molecular flexibility index (Phi) is 3.95. The fraction of sp³-hybridized carbons (Fsp3) is 0.438. The van der Waals surface area contributed by atoms with E-state index in [4.69, 9.17) is 0 Å². The van der Waals surface area contributed by atoms with Crippen LogP contribution in [0, 0.1) is 0 Å². The van der Waals surface area contributed by atoms with Gasteiger partial charge in [0.1, 0.15) is 0 Å². The van der Waals surface area contributed by atoms with Gasteiger partial charge >= 0.3 is 0 Å². The number of aromatic nitrogens is 1. The van der Waals surface area contributed by atoms with Crippen LogP contribution in [0.15, 0.2) is 30.6 Å². The van der Waals surface area contributed by atoms with Crippen LogP contribution in [0.5, 0.6) is 0 Å². The molecule has 0 saturated carbocycles. The van der Waals surface area contributed by atoms with E-state index >= 15 is 0 Å². The van der Waals surface area contributed by atoms with Crippen LogP contribution in [0.4, 0.5) is 0 Å². The molecule has 0 radical (unpaired) electrons. The van der Waals surface area contributed by atoms with Gasteiger partial charge in [0.05, 0.1) is 0 Å². The SMILES string of the molecule is CCNC(Cc1ccncc1)c1cc2c(s1)CCC2. The third kappa shape index (κ3) is 2.88. The maximum atomic E-state index is 4.09. The van der Waals surface area contributed by atoms with Gasteiger partial charge in [0, 0.05) is 28.2 Å². The highest BCUT2D eigenvalue weighted by Crippen LogP contribution is 2.34. The zero-order valence-corrected chi connectivity index (χ0v) is 12.2. The van der Waals surface area contributed by atoms with E-state index in [-0.39, 0.29) is 0 Å². The minimum absolute atomic E-state index is 0.447. The largest absolute Gasteiger partial charge is 0.309 e. The Morgan fingerprint density at radius 1 is 1.32 bits per heavy atom. The Balaban J connectivity index is 1.80. The first-order valence-corrected chi connectivity index (χ1v) is 7.92. The van der Waals surface area contributed by atoms with E-state index in [9.17, 15) is 0 Å². The summed E-state index contributed by atoms with van der Waals surface area (Å²) < 4.78 is 0. The van der Waals surface area contributed by atoms with Crippen molar-refractivity contribution in [2.75, 3.05) is 6.54 Å². The average Bonchev–Trinajstić information content (AvgIpc) is 3.00. The quantitative estimate of drug-likeness (QED) is 0.900. The second kappa shape index (κ2) is 5.85. The van der Waals surface area contributed by atoms with E-state index in [2.05, 4.69) is 35.4 Å². The lowest BCUT2D eigenvalue weighted by atomic mass is 10.0. The van der Waals surface area contributed by atoms with E-state index in [0.29, 0.717) is 6.04 Å². The average molecular weight is 272 g/mol. The smallest absolute Gasteiger partial charge is 0.0455 e. The van der Waals surface area contributed by atoms with Crippen LogP contribution < -0.4 is 5.32 Å². The molecule has 19 heavy (non-hydrogen) atoms. The number of aryl methyl sites for hydroxylation is 2. The number of nitrogens with zero attached hydrogens (tertiary/aromatic N) is 1. The van der Waals surface area contributed by atoms with Gasteiger partial charge in [-0.1, -0.05) is 6.92 Å². The van der Waals surface area contributed by atoms with Crippen molar-refractivity contribution in [1.82, 2.24) is 10.3 Å². The molecule has 100 valence electrons. The van der Waals surface area contributed by atoms with Gasteiger partial charge in [-0.05, 0) is 61.6 Å². The van der Waals surface area contributed by atoms with E-state index in [1.54, 1.807) is 10.4 Å². The molecule has 0 amide bonds. The molecule has 2 aromatic rings. The van der Waals surface area contributed by atoms with E-state index < -0.39 is 0 Å². The van der Waals surface area contributed by atoms with Gasteiger partial charge in [0.15, 0.2) is 0 Å². The van der Waals surface area contributed by atoms with Gasteiger partial charge in [-0.25, -0.2) is 0 Å². The number of likely N-dealkylation sites (N-methyl/N-ethyl adjacent to an activating group) is 1. The second-order valence-electron chi connectivity index (χ2n) is 5.12. The first-order valence-electron chi connectivity index (χ1n) is 7.10. The first kappa shape index (κ1) is 12.8. The molecule has 0 fully saturated rings. The Bertz CT molecular complexity index is 511. The summed E-state index contributed by atoms with van der Waals surface area (Å²) in [6, 6.07) is 7.11. The molecule has 2 aromatic heterocycles. The number of rotatable bonds is 5. The van der Waals surface area contributed by atoms with Gasteiger partial charge in [0.25, 0.3) is 0 Å². The predicted octanol–water partition coefficient (Wildman–Crippen LogP) is 3.53. The molecule has 0 bridgehead atoms. The molecule has 1 unspecified atom stereocenters. The summed E-state index contributed by atoms with van der Waals surface area (Å²) in [7, 11) is 0. The number of thiophene rings is 1. The maximum Gasteiger partial charge on any atom is 0.0455 e. The number of fused-ring (bicyclic) bond motifs is 1. The molecule has 1 atom stereocenters. The highest BCUT2D eigenvalue weighted by atomic mass is 32.1. The van der Waals surface area contributed by atoms with E-state index in [0.717, 1.165) is 13.0 Å². The summed E-state index contributed by atoms with van der Waals surface area (Å²) in [6.07, 6.45) is 8.72. The second-order valence-corrected chi connectivity index (χ2v) is 6.29. The minimum Gasteiger partial charge on any atom is -0.309 e. The summed E-state index contributed by atoms with van der Waals surface area (Å²) in [5.74, 6) is 0. The molecule has 0 spiro atoms. The van der Waals surface area contributed by atoms with Crippen LogP contribution >= 0.6 is 11.3 Å². The summed E-state index contributed by atoms with van der Waals surface area (Å²) >= 11 is 2.01. The van der Waals surface area contributed by atoms with Crippen LogP contribution in [0.25, 0.3) is 0 Å². The fourth-order valence-corrected chi connectivity index (χ4v) is 4.13. The summed E-state index contributed by atoms with van der Waals surface area (Å²) in [6.45, 7) is 3.19. The lowest BCUT2D eigenvalue weighted by Crippen LogP contribution is -2.22. The lowest BCUT2D eigenvalue weighted by Gasteiger charge is -2.16. The number of hydrogen-bond acceptors (Lipinski definition) is 3. The molecule has 2 heterocycles. The Morgan fingerprint density at radius 2 is 2.16 bits per heavy atom. The topological polar surface area (TPSA) is 24.9 Å². The first-order chi connectivity index (χ1) is 9.36. The van der Waals surface area contributed by atoms with Crippen molar-refractivity contribution in [2.24, 2.45) is 0 Å². The maximum absolute atomic E-state index is 4.09. The molecule has 1 aliphatic carbocycles. The summed E-state index contributed by atoms with van der Waals surface area (Å²) in [4.78, 5) is 7.22. The number of hydrogen-bond donors (Lipinski definition) is 1. The highest BCUT2D eigenvalue weighted by molar-refractivity contribution is 7.12. The predicted molar refractivity (Wildman–Crippen MR) is 80.7 cm³/mol. The number of pyridine rings is 1. The molecule has 2 nitrogen and oxygen atoms in total. The summed E-state index contributed by atoms with van der Waals surface area (Å²) in [5.41, 5.74) is 2.95. The van der Waals surface area contributed by atoms with Gasteiger partial charge < -0.3 is 5.32 Å². The minimum atomic E-state index is 0.447. The van der Waals surface area contributed by atoms with Crippen LogP contribution in [0.3, 0.4) is 0 Å². The van der Waals surface area contributed by atoms with Crippen LogP contribution in [-0.4, -0.2) is 11.5 Å². The normalized spacial score (nSPS) is 15.4. The van der Waals surface area contributed by atoms with Crippen LogP contribution in [0.1, 0.15) is 40.3 Å². The van der Waals surface area contributed by atoms with Crippen molar-refractivity contribution in [3.63, 3.8) is 0 Å². The monoisotopic (exact) mass is 272 g/mol. The van der Waals surface area contributed by atoms with Crippen molar-refractivity contribution in [1.29, 1.82) is 0 Å². The molecular weight excluding hydrogens is 252 g/mol. The third-order valence-electron chi connectivity index (χ3n) is 3.75. The Hall–Kier alpha value is -1.19. The van der Waals surface area contributed by atoms with Gasteiger partial charge in [-0.2, -0.15) is 0 Å². The highest BCUT2D eigenvalue weighted by Gasteiger charge is 2.19. The number of nitrogens with one attached hydrogen (secondary N) is 1. The van der Waals surface area contributed by atoms with Crippen molar-refractivity contribution in [2.45, 2.75) is 38.6 Å². The molecule has 1 aliphatic rings. The fourth-order valence-electron chi connectivity index (χ4n) is 2.80. The molecule has 0 aromatic carbocycles. The van der Waals surface area contributed by atoms with Crippen LogP contribution in [0.2, 0.25) is 0 Å². The van der Waals surface area contributed by atoms with E-state index in [1.807, 2.05) is 23.7 Å². The van der Waals surface area contributed by atoms with Crippen molar-refractivity contribution < 1.29 is 0 Å².